The summed E-state index contributed by atoms with van der Waals surface area (Å²) in [4.78, 5) is 2.28. The zero-order chi connectivity index (χ0) is 16.9. The highest BCUT2D eigenvalue weighted by atomic mass is 16.3. The van der Waals surface area contributed by atoms with E-state index in [0.29, 0.717) is 17.6 Å². The number of allylic oxidation sites excluding steroid dienone is 1. The topological polar surface area (TPSA) is 23.5 Å². The van der Waals surface area contributed by atoms with Crippen LogP contribution in [0.2, 0.25) is 0 Å². The fourth-order valence-corrected chi connectivity index (χ4v) is 3.87. The smallest absolute Gasteiger partial charge is 0.115 e. The van der Waals surface area contributed by atoms with Crippen molar-refractivity contribution in [3.8, 4) is 5.75 Å². The summed E-state index contributed by atoms with van der Waals surface area (Å²) in [7, 11) is 4.30. The van der Waals surface area contributed by atoms with E-state index >= 15 is 0 Å². The lowest BCUT2D eigenvalue weighted by Gasteiger charge is -2.35. The van der Waals surface area contributed by atoms with Gasteiger partial charge in [0.25, 0.3) is 0 Å². The molecule has 2 nitrogen and oxygen atoms in total. The van der Waals surface area contributed by atoms with Gasteiger partial charge in [-0.15, -0.1) is 0 Å². The highest BCUT2D eigenvalue weighted by molar-refractivity contribution is 5.53. The molecule has 2 aromatic rings. The third kappa shape index (κ3) is 4.27. The van der Waals surface area contributed by atoms with Crippen LogP contribution in [-0.2, 0) is 0 Å². The van der Waals surface area contributed by atoms with Gasteiger partial charge in [-0.05, 0) is 68.5 Å². The molecule has 0 saturated heterocycles. The Bertz CT molecular complexity index is 690. The Morgan fingerprint density at radius 1 is 1.08 bits per heavy atom. The van der Waals surface area contributed by atoms with E-state index in [2.05, 4.69) is 61.5 Å². The van der Waals surface area contributed by atoms with Gasteiger partial charge in [-0.2, -0.15) is 0 Å². The summed E-state index contributed by atoms with van der Waals surface area (Å²) in [5, 5.41) is 9.89. The molecule has 24 heavy (non-hydrogen) atoms. The predicted octanol–water partition coefficient (Wildman–Crippen LogP) is 4.92. The number of hydrogen-bond acceptors (Lipinski definition) is 2. The van der Waals surface area contributed by atoms with E-state index in [9.17, 15) is 5.11 Å². The summed E-state index contributed by atoms with van der Waals surface area (Å²) < 4.78 is 0. The van der Waals surface area contributed by atoms with Crippen LogP contribution < -0.4 is 0 Å². The van der Waals surface area contributed by atoms with Crippen molar-refractivity contribution in [1.29, 1.82) is 0 Å². The molecule has 0 spiro atoms. The second-order valence-electron chi connectivity index (χ2n) is 7.18. The summed E-state index contributed by atoms with van der Waals surface area (Å²) in [6.45, 7) is 1.10. The molecule has 1 aliphatic carbocycles. The number of phenols is 1. The maximum absolute atomic E-state index is 9.89. The molecule has 0 heterocycles. The maximum atomic E-state index is 9.89. The van der Waals surface area contributed by atoms with E-state index in [1.165, 1.54) is 29.5 Å². The molecule has 0 radical (unpaired) electrons. The molecular formula is C22H27NO. The minimum Gasteiger partial charge on any atom is -0.508 e. The molecule has 0 unspecified atom stereocenters. The second kappa shape index (κ2) is 7.67. The first-order valence-electron chi connectivity index (χ1n) is 8.80. The van der Waals surface area contributed by atoms with Gasteiger partial charge in [-0.1, -0.05) is 54.1 Å². The van der Waals surface area contributed by atoms with Gasteiger partial charge in [0.15, 0.2) is 0 Å². The Kier molecular flexibility index (Phi) is 5.37. The van der Waals surface area contributed by atoms with Gasteiger partial charge in [0.05, 0.1) is 0 Å². The Morgan fingerprint density at radius 2 is 1.88 bits per heavy atom. The van der Waals surface area contributed by atoms with Crippen LogP contribution in [0.3, 0.4) is 0 Å². The van der Waals surface area contributed by atoms with Gasteiger partial charge in [0.2, 0.25) is 0 Å². The van der Waals surface area contributed by atoms with Crippen molar-refractivity contribution < 1.29 is 5.11 Å². The van der Waals surface area contributed by atoms with Crippen LogP contribution in [0.15, 0.2) is 60.2 Å². The molecule has 1 fully saturated rings. The first-order valence-corrected chi connectivity index (χ1v) is 8.80. The van der Waals surface area contributed by atoms with Crippen molar-refractivity contribution in [1.82, 2.24) is 4.90 Å². The molecule has 0 bridgehead atoms. The standard InChI is InChI=1S/C22H27NO/c1-23(2)16-20-12-11-18(13-17-7-4-3-5-8-17)14-22(20)19-9-6-10-21(24)15-19/h3-10,13,15,20,22,24H,11-12,14,16H2,1-2H3/b18-13-/t20-,22-/m0/s1. The van der Waals surface area contributed by atoms with Crippen molar-refractivity contribution in [2.75, 3.05) is 20.6 Å². The highest BCUT2D eigenvalue weighted by Gasteiger charge is 2.29. The minimum absolute atomic E-state index is 0.371. The Labute approximate surface area is 145 Å². The van der Waals surface area contributed by atoms with Crippen LogP contribution in [0, 0.1) is 5.92 Å². The average Bonchev–Trinajstić information content (AvgIpc) is 2.57. The number of aromatic hydroxyl groups is 1. The molecule has 0 aromatic heterocycles. The van der Waals surface area contributed by atoms with Crippen LogP contribution >= 0.6 is 0 Å². The monoisotopic (exact) mass is 321 g/mol. The molecule has 2 heteroatoms. The molecule has 0 aliphatic heterocycles. The Morgan fingerprint density at radius 3 is 2.58 bits per heavy atom. The van der Waals surface area contributed by atoms with E-state index in [0.717, 1.165) is 13.0 Å². The largest absolute Gasteiger partial charge is 0.508 e. The first-order chi connectivity index (χ1) is 11.6. The number of phenolic OH excluding ortho intramolecular Hbond substituents is 1. The number of rotatable bonds is 4. The summed E-state index contributed by atoms with van der Waals surface area (Å²) in [5.41, 5.74) is 4.07. The van der Waals surface area contributed by atoms with Crippen molar-refractivity contribution in [2.24, 2.45) is 5.92 Å². The van der Waals surface area contributed by atoms with Crippen LogP contribution in [0.1, 0.15) is 36.3 Å². The third-order valence-electron chi connectivity index (χ3n) is 4.96. The van der Waals surface area contributed by atoms with Gasteiger partial charge < -0.3 is 10.0 Å². The normalized spacial score (nSPS) is 22.9. The van der Waals surface area contributed by atoms with Crippen molar-refractivity contribution in [3.63, 3.8) is 0 Å². The zero-order valence-corrected chi connectivity index (χ0v) is 14.7. The number of hydrogen-bond donors (Lipinski definition) is 1. The lowest BCUT2D eigenvalue weighted by atomic mass is 9.73. The SMILES string of the molecule is CN(C)C[C@@H]1CC/C(=C/c2ccccc2)C[C@H]1c1cccc(O)c1. The van der Waals surface area contributed by atoms with E-state index < -0.39 is 0 Å². The summed E-state index contributed by atoms with van der Waals surface area (Å²) in [5.74, 6) is 1.48. The van der Waals surface area contributed by atoms with Crippen LogP contribution in [0.25, 0.3) is 6.08 Å². The highest BCUT2D eigenvalue weighted by Crippen LogP contribution is 2.41. The van der Waals surface area contributed by atoms with Gasteiger partial charge in [-0.3, -0.25) is 0 Å². The quantitative estimate of drug-likeness (QED) is 0.864. The second-order valence-corrected chi connectivity index (χ2v) is 7.18. The lowest BCUT2D eigenvalue weighted by Crippen LogP contribution is -2.29. The summed E-state index contributed by atoms with van der Waals surface area (Å²) in [6, 6.07) is 18.4. The Balaban J connectivity index is 1.86. The van der Waals surface area contributed by atoms with Crippen LogP contribution in [0.4, 0.5) is 0 Å². The van der Waals surface area contributed by atoms with Gasteiger partial charge in [0, 0.05) is 6.54 Å². The predicted molar refractivity (Wildman–Crippen MR) is 101 cm³/mol. The van der Waals surface area contributed by atoms with E-state index in [1.807, 2.05) is 12.1 Å². The van der Waals surface area contributed by atoms with Crippen molar-refractivity contribution in [2.45, 2.75) is 25.2 Å². The van der Waals surface area contributed by atoms with E-state index in [4.69, 9.17) is 0 Å². The molecule has 0 amide bonds. The first kappa shape index (κ1) is 16.8. The van der Waals surface area contributed by atoms with Crippen LogP contribution in [0.5, 0.6) is 5.75 Å². The summed E-state index contributed by atoms with van der Waals surface area (Å²) in [6.07, 6.45) is 5.80. The fourth-order valence-electron chi connectivity index (χ4n) is 3.87. The molecule has 1 N–H and O–H groups in total. The molecule has 1 aliphatic rings. The maximum Gasteiger partial charge on any atom is 0.115 e. The Hall–Kier alpha value is -2.06. The fraction of sp³-hybridized carbons (Fsp3) is 0.364. The molecule has 2 atom stereocenters. The third-order valence-corrected chi connectivity index (χ3v) is 4.96. The zero-order valence-electron chi connectivity index (χ0n) is 14.7. The van der Waals surface area contributed by atoms with Crippen LogP contribution in [-0.4, -0.2) is 30.6 Å². The van der Waals surface area contributed by atoms with E-state index in [-0.39, 0.29) is 0 Å². The van der Waals surface area contributed by atoms with Gasteiger partial charge in [0.1, 0.15) is 5.75 Å². The molecule has 126 valence electrons. The number of benzene rings is 2. The van der Waals surface area contributed by atoms with Crippen molar-refractivity contribution in [3.05, 3.63) is 71.3 Å². The summed E-state index contributed by atoms with van der Waals surface area (Å²) >= 11 is 0. The van der Waals surface area contributed by atoms with Crippen molar-refractivity contribution >= 4 is 6.08 Å². The molecule has 3 rings (SSSR count). The van der Waals surface area contributed by atoms with Gasteiger partial charge >= 0.3 is 0 Å². The van der Waals surface area contributed by atoms with E-state index in [1.54, 1.807) is 6.07 Å². The molecular weight excluding hydrogens is 294 g/mol. The molecule has 1 saturated carbocycles. The molecule has 2 aromatic carbocycles. The lowest BCUT2D eigenvalue weighted by molar-refractivity contribution is 0.256. The van der Waals surface area contributed by atoms with Gasteiger partial charge in [-0.25, -0.2) is 0 Å². The minimum atomic E-state index is 0.371. The number of nitrogens with zero attached hydrogens (tertiary/aromatic N) is 1. The average molecular weight is 321 g/mol.